The van der Waals surface area contributed by atoms with E-state index in [1.165, 1.54) is 19.3 Å². The zero-order chi connectivity index (χ0) is 15.3. The third kappa shape index (κ3) is 5.24. The van der Waals surface area contributed by atoms with E-state index in [1.807, 2.05) is 4.90 Å². The minimum absolute atomic E-state index is 0.225. The van der Waals surface area contributed by atoms with Crippen LogP contribution >= 0.6 is 0 Å². The Morgan fingerprint density at radius 3 is 2.29 bits per heavy atom. The first-order chi connectivity index (χ1) is 9.98. The van der Waals surface area contributed by atoms with Crippen LogP contribution in [0.3, 0.4) is 0 Å². The Bertz CT molecular complexity index is 331. The molecule has 1 amide bonds. The minimum atomic E-state index is -0.225. The fourth-order valence-electron chi connectivity index (χ4n) is 3.41. The predicted molar refractivity (Wildman–Crippen MR) is 86.2 cm³/mol. The number of nitrogens with zero attached hydrogens (tertiary/aromatic N) is 3. The first-order valence-electron chi connectivity index (χ1n) is 8.42. The molecule has 5 heteroatoms. The van der Waals surface area contributed by atoms with Crippen LogP contribution in [-0.2, 0) is 4.79 Å². The molecule has 0 aromatic carbocycles. The lowest BCUT2D eigenvalue weighted by Gasteiger charge is -2.38. The van der Waals surface area contributed by atoms with Crippen molar-refractivity contribution in [3.05, 3.63) is 0 Å². The molecule has 0 spiro atoms. The van der Waals surface area contributed by atoms with Gasteiger partial charge in [0.15, 0.2) is 0 Å². The van der Waals surface area contributed by atoms with Crippen molar-refractivity contribution in [3.8, 4) is 0 Å². The highest BCUT2D eigenvalue weighted by Crippen LogP contribution is 2.29. The topological polar surface area (TPSA) is 52.8 Å². The quantitative estimate of drug-likeness (QED) is 0.813. The Kier molecular flexibility index (Phi) is 6.02. The van der Waals surface area contributed by atoms with Crippen molar-refractivity contribution in [3.63, 3.8) is 0 Å². The van der Waals surface area contributed by atoms with E-state index < -0.39 is 0 Å². The lowest BCUT2D eigenvalue weighted by Crippen LogP contribution is -2.53. The molecule has 122 valence electrons. The summed E-state index contributed by atoms with van der Waals surface area (Å²) in [4.78, 5) is 19.1. The summed E-state index contributed by atoms with van der Waals surface area (Å²) in [5.41, 5.74) is 6.19. The molecule has 2 aliphatic rings. The molecular formula is C16H32N4O. The van der Waals surface area contributed by atoms with Crippen LogP contribution in [0.5, 0.6) is 0 Å². The number of amides is 1. The standard InChI is InChI=1S/C16H32N4O/c1-18(2)8-9-19-10-12-20(13-11-19)15(21)14-16(17)6-4-3-5-7-16/h3-14,17H2,1-2H3. The first kappa shape index (κ1) is 16.7. The van der Waals surface area contributed by atoms with Crippen molar-refractivity contribution in [1.29, 1.82) is 0 Å². The molecule has 1 aliphatic heterocycles. The summed E-state index contributed by atoms with van der Waals surface area (Å²) in [6, 6.07) is 0. The van der Waals surface area contributed by atoms with Crippen LogP contribution in [0.1, 0.15) is 38.5 Å². The van der Waals surface area contributed by atoms with E-state index in [2.05, 4.69) is 23.9 Å². The molecule has 0 aromatic rings. The van der Waals surface area contributed by atoms with Crippen LogP contribution in [0.15, 0.2) is 0 Å². The van der Waals surface area contributed by atoms with Gasteiger partial charge in [-0.05, 0) is 26.9 Å². The van der Waals surface area contributed by atoms with E-state index in [0.29, 0.717) is 6.42 Å². The molecule has 21 heavy (non-hydrogen) atoms. The van der Waals surface area contributed by atoms with E-state index in [-0.39, 0.29) is 11.4 Å². The Morgan fingerprint density at radius 2 is 1.71 bits per heavy atom. The fourth-order valence-corrected chi connectivity index (χ4v) is 3.41. The van der Waals surface area contributed by atoms with Crippen LogP contribution in [0.2, 0.25) is 0 Å². The highest BCUT2D eigenvalue weighted by Gasteiger charge is 2.32. The van der Waals surface area contributed by atoms with Crippen LogP contribution in [0.4, 0.5) is 0 Å². The van der Waals surface area contributed by atoms with Gasteiger partial charge in [0, 0.05) is 51.2 Å². The van der Waals surface area contributed by atoms with Crippen molar-refractivity contribution in [1.82, 2.24) is 14.7 Å². The average Bonchev–Trinajstić information content (AvgIpc) is 2.46. The summed E-state index contributed by atoms with van der Waals surface area (Å²) in [7, 11) is 4.20. The Hall–Kier alpha value is -0.650. The molecule has 0 radical (unpaired) electrons. The van der Waals surface area contributed by atoms with E-state index >= 15 is 0 Å². The summed E-state index contributed by atoms with van der Waals surface area (Å²) in [5, 5.41) is 0. The smallest absolute Gasteiger partial charge is 0.224 e. The van der Waals surface area contributed by atoms with Gasteiger partial charge in [-0.2, -0.15) is 0 Å². The second-order valence-corrected chi connectivity index (χ2v) is 7.13. The van der Waals surface area contributed by atoms with Gasteiger partial charge >= 0.3 is 0 Å². The normalized spacial score (nSPS) is 23.5. The molecule has 0 atom stereocenters. The van der Waals surface area contributed by atoms with Crippen LogP contribution in [0, 0.1) is 0 Å². The van der Waals surface area contributed by atoms with Gasteiger partial charge in [-0.15, -0.1) is 0 Å². The molecule has 0 aromatic heterocycles. The third-order valence-electron chi connectivity index (χ3n) is 4.94. The van der Waals surface area contributed by atoms with Gasteiger partial charge in [-0.1, -0.05) is 19.3 Å². The number of hydrogen-bond donors (Lipinski definition) is 1. The molecular weight excluding hydrogens is 264 g/mol. The second kappa shape index (κ2) is 7.56. The number of hydrogen-bond acceptors (Lipinski definition) is 4. The zero-order valence-corrected chi connectivity index (χ0v) is 13.8. The SMILES string of the molecule is CN(C)CCN1CCN(C(=O)CC2(N)CCCCC2)CC1. The summed E-state index contributed by atoms with van der Waals surface area (Å²) in [6.07, 6.45) is 6.22. The van der Waals surface area contributed by atoms with E-state index in [1.54, 1.807) is 0 Å². The summed E-state index contributed by atoms with van der Waals surface area (Å²) in [6.45, 7) is 5.90. The molecule has 2 fully saturated rings. The molecule has 1 heterocycles. The van der Waals surface area contributed by atoms with Crippen molar-refractivity contribution < 1.29 is 4.79 Å². The highest BCUT2D eigenvalue weighted by atomic mass is 16.2. The van der Waals surface area contributed by atoms with Crippen LogP contribution in [-0.4, -0.2) is 79.5 Å². The van der Waals surface area contributed by atoms with Gasteiger partial charge in [0.1, 0.15) is 0 Å². The monoisotopic (exact) mass is 296 g/mol. The summed E-state index contributed by atoms with van der Waals surface area (Å²) < 4.78 is 0. The Labute approximate surface area is 129 Å². The molecule has 1 aliphatic carbocycles. The maximum Gasteiger partial charge on any atom is 0.224 e. The van der Waals surface area contributed by atoms with Crippen molar-refractivity contribution in [2.45, 2.75) is 44.1 Å². The van der Waals surface area contributed by atoms with Crippen molar-refractivity contribution in [2.24, 2.45) is 5.73 Å². The van der Waals surface area contributed by atoms with Crippen molar-refractivity contribution >= 4 is 5.91 Å². The summed E-state index contributed by atoms with van der Waals surface area (Å²) in [5.74, 6) is 0.270. The van der Waals surface area contributed by atoms with E-state index in [4.69, 9.17) is 5.73 Å². The summed E-state index contributed by atoms with van der Waals surface area (Å²) >= 11 is 0. The number of carbonyl (C=O) groups is 1. The molecule has 2 N–H and O–H groups in total. The van der Waals surface area contributed by atoms with Gasteiger partial charge in [0.05, 0.1) is 0 Å². The molecule has 0 bridgehead atoms. The fraction of sp³-hybridized carbons (Fsp3) is 0.938. The van der Waals surface area contributed by atoms with Gasteiger partial charge in [-0.25, -0.2) is 0 Å². The van der Waals surface area contributed by atoms with Crippen LogP contribution < -0.4 is 5.73 Å². The zero-order valence-electron chi connectivity index (χ0n) is 13.8. The minimum Gasteiger partial charge on any atom is -0.340 e. The largest absolute Gasteiger partial charge is 0.340 e. The van der Waals surface area contributed by atoms with E-state index in [0.717, 1.165) is 52.1 Å². The number of carbonyl (C=O) groups excluding carboxylic acids is 1. The van der Waals surface area contributed by atoms with Gasteiger partial charge in [0.25, 0.3) is 0 Å². The Morgan fingerprint density at radius 1 is 1.10 bits per heavy atom. The molecule has 5 nitrogen and oxygen atoms in total. The maximum absolute atomic E-state index is 12.5. The van der Waals surface area contributed by atoms with Gasteiger partial charge in [-0.3, -0.25) is 9.69 Å². The van der Waals surface area contributed by atoms with Gasteiger partial charge in [0.2, 0.25) is 5.91 Å². The molecule has 2 rings (SSSR count). The van der Waals surface area contributed by atoms with Gasteiger partial charge < -0.3 is 15.5 Å². The number of piperazine rings is 1. The average molecular weight is 296 g/mol. The van der Waals surface area contributed by atoms with Crippen molar-refractivity contribution in [2.75, 3.05) is 53.4 Å². The van der Waals surface area contributed by atoms with E-state index in [9.17, 15) is 4.79 Å². The number of nitrogens with two attached hydrogens (primary N) is 1. The number of rotatable bonds is 5. The molecule has 1 saturated heterocycles. The second-order valence-electron chi connectivity index (χ2n) is 7.13. The number of likely N-dealkylation sites (N-methyl/N-ethyl adjacent to an activating group) is 1. The third-order valence-corrected chi connectivity index (χ3v) is 4.94. The first-order valence-corrected chi connectivity index (χ1v) is 8.42. The highest BCUT2D eigenvalue weighted by molar-refractivity contribution is 5.77. The Balaban J connectivity index is 1.72. The lowest BCUT2D eigenvalue weighted by atomic mass is 9.80. The molecule has 1 saturated carbocycles. The predicted octanol–water partition coefficient (Wildman–Crippen LogP) is 0.744. The maximum atomic E-state index is 12.5. The lowest BCUT2D eigenvalue weighted by molar-refractivity contribution is -0.134. The van der Waals surface area contributed by atoms with Crippen LogP contribution in [0.25, 0.3) is 0 Å². The molecule has 0 unspecified atom stereocenters.